The van der Waals surface area contributed by atoms with E-state index in [2.05, 4.69) is 6.58 Å². The van der Waals surface area contributed by atoms with Gasteiger partial charge < -0.3 is 5.11 Å². The van der Waals surface area contributed by atoms with Crippen LogP contribution in [-0.2, 0) is 0 Å². The topological polar surface area (TPSA) is 20.2 Å². The first-order chi connectivity index (χ1) is 6.27. The predicted molar refractivity (Wildman–Crippen MR) is 54.4 cm³/mol. The van der Waals surface area contributed by atoms with E-state index in [1.807, 2.05) is 0 Å². The van der Waals surface area contributed by atoms with Gasteiger partial charge in [-0.1, -0.05) is 25.0 Å². The van der Waals surface area contributed by atoms with Crippen molar-refractivity contribution < 1.29 is 5.11 Å². The fourth-order valence-electron chi connectivity index (χ4n) is 3.05. The molecule has 13 heavy (non-hydrogen) atoms. The third-order valence-electron chi connectivity index (χ3n) is 3.80. The van der Waals surface area contributed by atoms with Crippen LogP contribution in [0.5, 0.6) is 0 Å². The SMILES string of the molecule is C=C1CC(O)CC[C@H]2CCCC[C@H]12. The van der Waals surface area contributed by atoms with Gasteiger partial charge in [-0.2, -0.15) is 0 Å². The predicted octanol–water partition coefficient (Wildman–Crippen LogP) is 2.89. The van der Waals surface area contributed by atoms with E-state index in [0.717, 1.165) is 24.7 Å². The molecule has 0 bridgehead atoms. The summed E-state index contributed by atoms with van der Waals surface area (Å²) in [6.45, 7) is 4.15. The molecule has 0 aliphatic heterocycles. The lowest BCUT2D eigenvalue weighted by Gasteiger charge is -2.30. The summed E-state index contributed by atoms with van der Waals surface area (Å²) in [7, 11) is 0. The first kappa shape index (κ1) is 9.26. The fraction of sp³-hybridized carbons (Fsp3) is 0.833. The summed E-state index contributed by atoms with van der Waals surface area (Å²) in [6.07, 6.45) is 8.46. The van der Waals surface area contributed by atoms with Crippen LogP contribution >= 0.6 is 0 Å². The average molecular weight is 180 g/mol. The van der Waals surface area contributed by atoms with Gasteiger partial charge >= 0.3 is 0 Å². The molecule has 3 atom stereocenters. The molecule has 0 spiro atoms. The molecule has 0 aromatic heterocycles. The molecular weight excluding hydrogens is 160 g/mol. The highest BCUT2D eigenvalue weighted by Gasteiger charge is 2.30. The molecule has 2 fully saturated rings. The van der Waals surface area contributed by atoms with Crippen molar-refractivity contribution in [1.82, 2.24) is 0 Å². The highest BCUT2D eigenvalue weighted by atomic mass is 16.3. The molecule has 74 valence electrons. The number of fused-ring (bicyclic) bond motifs is 1. The van der Waals surface area contributed by atoms with Gasteiger partial charge in [-0.05, 0) is 43.9 Å². The summed E-state index contributed by atoms with van der Waals surface area (Å²) in [5, 5.41) is 9.65. The van der Waals surface area contributed by atoms with Crippen molar-refractivity contribution in [1.29, 1.82) is 0 Å². The smallest absolute Gasteiger partial charge is 0.0577 e. The molecule has 0 heterocycles. The molecule has 1 nitrogen and oxygen atoms in total. The van der Waals surface area contributed by atoms with Gasteiger partial charge in [-0.3, -0.25) is 0 Å². The Morgan fingerprint density at radius 1 is 1.08 bits per heavy atom. The quantitative estimate of drug-likeness (QED) is 0.568. The summed E-state index contributed by atoms with van der Waals surface area (Å²) >= 11 is 0. The number of rotatable bonds is 0. The number of aliphatic hydroxyl groups is 1. The van der Waals surface area contributed by atoms with Gasteiger partial charge in [-0.25, -0.2) is 0 Å². The molecular formula is C12H20O. The second kappa shape index (κ2) is 3.83. The molecule has 1 heteroatoms. The Labute approximate surface area is 80.8 Å². The molecule has 2 saturated carbocycles. The summed E-state index contributed by atoms with van der Waals surface area (Å²) in [5.74, 6) is 1.59. The van der Waals surface area contributed by atoms with Gasteiger partial charge in [0, 0.05) is 0 Å². The monoisotopic (exact) mass is 180 g/mol. The van der Waals surface area contributed by atoms with Crippen LogP contribution in [0, 0.1) is 11.8 Å². The van der Waals surface area contributed by atoms with Gasteiger partial charge in [0.05, 0.1) is 6.10 Å². The van der Waals surface area contributed by atoms with Crippen LogP contribution in [0.15, 0.2) is 12.2 Å². The van der Waals surface area contributed by atoms with Gasteiger partial charge in [0.15, 0.2) is 0 Å². The molecule has 2 rings (SSSR count). The minimum absolute atomic E-state index is 0.0990. The number of aliphatic hydroxyl groups excluding tert-OH is 1. The van der Waals surface area contributed by atoms with E-state index in [-0.39, 0.29) is 6.10 Å². The Morgan fingerprint density at radius 3 is 2.69 bits per heavy atom. The van der Waals surface area contributed by atoms with E-state index in [9.17, 15) is 5.11 Å². The van der Waals surface area contributed by atoms with Crippen LogP contribution in [0.2, 0.25) is 0 Å². The first-order valence-electron chi connectivity index (χ1n) is 5.63. The largest absolute Gasteiger partial charge is 0.393 e. The van der Waals surface area contributed by atoms with Crippen LogP contribution in [0.25, 0.3) is 0 Å². The van der Waals surface area contributed by atoms with Crippen molar-refractivity contribution in [2.24, 2.45) is 11.8 Å². The third-order valence-corrected chi connectivity index (χ3v) is 3.80. The second-order valence-electron chi connectivity index (χ2n) is 4.74. The standard InChI is InChI=1S/C12H20O/c1-9-8-11(13)7-6-10-4-2-3-5-12(9)10/h10-13H,1-8H2/t10-,11?,12-/m1/s1. The van der Waals surface area contributed by atoms with Gasteiger partial charge in [0.25, 0.3) is 0 Å². The van der Waals surface area contributed by atoms with E-state index in [1.165, 1.54) is 37.7 Å². The Kier molecular flexibility index (Phi) is 2.73. The van der Waals surface area contributed by atoms with E-state index in [4.69, 9.17) is 0 Å². The maximum atomic E-state index is 9.65. The maximum absolute atomic E-state index is 9.65. The molecule has 0 radical (unpaired) electrons. The van der Waals surface area contributed by atoms with Crippen molar-refractivity contribution in [3.63, 3.8) is 0 Å². The third kappa shape index (κ3) is 1.96. The number of hydrogen-bond donors (Lipinski definition) is 1. The number of hydrogen-bond acceptors (Lipinski definition) is 1. The fourth-order valence-corrected chi connectivity index (χ4v) is 3.05. The molecule has 2 aliphatic rings. The van der Waals surface area contributed by atoms with E-state index < -0.39 is 0 Å². The van der Waals surface area contributed by atoms with Crippen molar-refractivity contribution in [2.45, 2.75) is 51.0 Å². The summed E-state index contributed by atoms with van der Waals surface area (Å²) in [4.78, 5) is 0. The highest BCUT2D eigenvalue weighted by molar-refractivity contribution is 5.07. The molecule has 0 aromatic rings. The normalized spacial score (nSPS) is 41.0. The molecule has 1 N–H and O–H groups in total. The van der Waals surface area contributed by atoms with Gasteiger partial charge in [-0.15, -0.1) is 0 Å². The second-order valence-corrected chi connectivity index (χ2v) is 4.74. The van der Waals surface area contributed by atoms with E-state index in [1.54, 1.807) is 0 Å². The van der Waals surface area contributed by atoms with Crippen LogP contribution in [0.3, 0.4) is 0 Å². The van der Waals surface area contributed by atoms with Crippen molar-refractivity contribution in [3.05, 3.63) is 12.2 Å². The lowest BCUT2D eigenvalue weighted by molar-refractivity contribution is 0.162. The first-order valence-corrected chi connectivity index (χ1v) is 5.63. The Balaban J connectivity index is 2.08. The lowest BCUT2D eigenvalue weighted by Crippen LogP contribution is -2.19. The maximum Gasteiger partial charge on any atom is 0.0577 e. The Hall–Kier alpha value is -0.300. The van der Waals surface area contributed by atoms with E-state index >= 15 is 0 Å². The zero-order valence-corrected chi connectivity index (χ0v) is 8.34. The summed E-state index contributed by atoms with van der Waals surface area (Å²) < 4.78 is 0. The van der Waals surface area contributed by atoms with E-state index in [0.29, 0.717) is 0 Å². The van der Waals surface area contributed by atoms with Crippen LogP contribution in [0.4, 0.5) is 0 Å². The van der Waals surface area contributed by atoms with Crippen molar-refractivity contribution in [3.8, 4) is 0 Å². The Bertz CT molecular complexity index is 197. The average Bonchev–Trinajstić information content (AvgIpc) is 2.27. The minimum atomic E-state index is -0.0990. The van der Waals surface area contributed by atoms with Crippen LogP contribution in [-0.4, -0.2) is 11.2 Å². The molecule has 1 unspecified atom stereocenters. The summed E-state index contributed by atoms with van der Waals surface area (Å²) in [5.41, 5.74) is 1.33. The van der Waals surface area contributed by atoms with Gasteiger partial charge in [0.1, 0.15) is 0 Å². The highest BCUT2D eigenvalue weighted by Crippen LogP contribution is 2.41. The molecule has 0 amide bonds. The zero-order valence-electron chi connectivity index (χ0n) is 8.34. The molecule has 0 saturated heterocycles. The van der Waals surface area contributed by atoms with Crippen molar-refractivity contribution >= 4 is 0 Å². The summed E-state index contributed by atoms with van der Waals surface area (Å²) in [6, 6.07) is 0. The lowest BCUT2D eigenvalue weighted by atomic mass is 9.75. The van der Waals surface area contributed by atoms with Crippen LogP contribution < -0.4 is 0 Å². The van der Waals surface area contributed by atoms with Gasteiger partial charge in [0.2, 0.25) is 0 Å². The van der Waals surface area contributed by atoms with Crippen molar-refractivity contribution in [2.75, 3.05) is 0 Å². The minimum Gasteiger partial charge on any atom is -0.393 e. The zero-order chi connectivity index (χ0) is 9.26. The Morgan fingerprint density at radius 2 is 1.85 bits per heavy atom. The molecule has 2 aliphatic carbocycles. The molecule has 0 aromatic carbocycles. The van der Waals surface area contributed by atoms with Crippen LogP contribution in [0.1, 0.15) is 44.9 Å².